The fourth-order valence-electron chi connectivity index (χ4n) is 2.79. The highest BCUT2D eigenvalue weighted by Crippen LogP contribution is 2.22. The summed E-state index contributed by atoms with van der Waals surface area (Å²) in [6.07, 6.45) is 1.54. The number of hydrogen-bond donors (Lipinski definition) is 1. The second-order valence-electron chi connectivity index (χ2n) is 6.47. The van der Waals surface area contributed by atoms with Crippen molar-refractivity contribution in [3.05, 3.63) is 35.4 Å². The van der Waals surface area contributed by atoms with Crippen molar-refractivity contribution < 1.29 is 14.4 Å². The monoisotopic (exact) mass is 331 g/mol. The van der Waals surface area contributed by atoms with Crippen LogP contribution in [0.2, 0.25) is 0 Å². The molecule has 0 spiro atoms. The molecule has 6 heteroatoms. The quantitative estimate of drug-likeness (QED) is 0.579. The van der Waals surface area contributed by atoms with Gasteiger partial charge in [-0.3, -0.25) is 24.2 Å². The van der Waals surface area contributed by atoms with Gasteiger partial charge in [0.2, 0.25) is 5.91 Å². The number of fused-ring (bicyclic) bond motifs is 1. The summed E-state index contributed by atoms with van der Waals surface area (Å²) < 4.78 is 0. The highest BCUT2D eigenvalue weighted by atomic mass is 16.2. The van der Waals surface area contributed by atoms with E-state index in [1.807, 2.05) is 25.8 Å². The molecule has 6 nitrogen and oxygen atoms in total. The molecule has 1 aromatic rings. The number of benzene rings is 1. The Bertz CT molecular complexity index is 593. The van der Waals surface area contributed by atoms with E-state index in [2.05, 4.69) is 5.32 Å². The molecule has 0 unspecified atom stereocenters. The van der Waals surface area contributed by atoms with Crippen molar-refractivity contribution >= 4 is 17.7 Å². The zero-order valence-corrected chi connectivity index (χ0v) is 14.5. The summed E-state index contributed by atoms with van der Waals surface area (Å²) in [6, 6.07) is 7.06. The Balaban J connectivity index is 1.73. The van der Waals surface area contributed by atoms with E-state index < -0.39 is 0 Å². The molecule has 1 aliphatic rings. The maximum absolute atomic E-state index is 12.2. The number of imide groups is 1. The van der Waals surface area contributed by atoms with Crippen molar-refractivity contribution in [1.82, 2.24) is 15.1 Å². The lowest BCUT2D eigenvalue weighted by Gasteiger charge is -2.18. The van der Waals surface area contributed by atoms with Crippen LogP contribution in [0, 0.1) is 0 Å². The zero-order valence-electron chi connectivity index (χ0n) is 14.5. The highest BCUT2D eigenvalue weighted by molar-refractivity contribution is 6.21. The molecule has 0 fully saturated rings. The lowest BCUT2D eigenvalue weighted by Crippen LogP contribution is -2.39. The van der Waals surface area contributed by atoms with E-state index in [0.717, 1.165) is 19.4 Å². The summed E-state index contributed by atoms with van der Waals surface area (Å²) in [5.74, 6) is -0.409. The van der Waals surface area contributed by atoms with Crippen molar-refractivity contribution in [3.8, 4) is 0 Å². The molecule has 2 rings (SSSR count). The Hall–Kier alpha value is -2.21. The van der Waals surface area contributed by atoms with Gasteiger partial charge in [0, 0.05) is 12.6 Å². The third-order valence-electron chi connectivity index (χ3n) is 3.91. The lowest BCUT2D eigenvalue weighted by molar-refractivity contribution is -0.122. The molecule has 1 aromatic carbocycles. The van der Waals surface area contributed by atoms with Crippen molar-refractivity contribution in [1.29, 1.82) is 0 Å². The van der Waals surface area contributed by atoms with Gasteiger partial charge in [-0.05, 0) is 52.4 Å². The summed E-state index contributed by atoms with van der Waals surface area (Å²) in [5.41, 5.74) is 0.981. The fourth-order valence-corrected chi connectivity index (χ4v) is 2.79. The summed E-state index contributed by atoms with van der Waals surface area (Å²) in [5, 5.41) is 2.85. The predicted octanol–water partition coefficient (Wildman–Crippen LogP) is 1.52. The largest absolute Gasteiger partial charge is 0.353 e. The van der Waals surface area contributed by atoms with Gasteiger partial charge >= 0.3 is 0 Å². The molecule has 0 saturated carbocycles. The molecule has 0 bridgehead atoms. The molecule has 3 amide bonds. The average molecular weight is 331 g/mol. The van der Waals surface area contributed by atoms with Crippen LogP contribution in [0.1, 0.15) is 47.4 Å². The number of carbonyl (C=O) groups is 3. The Morgan fingerprint density at radius 2 is 1.71 bits per heavy atom. The van der Waals surface area contributed by atoms with E-state index >= 15 is 0 Å². The smallest absolute Gasteiger partial charge is 0.261 e. The molecule has 0 aliphatic carbocycles. The number of rotatable bonds is 8. The standard InChI is InChI=1S/C18H25N3O3/c1-13(2)19-16(22)12-20(3)10-6-7-11-21-17(23)14-8-4-5-9-15(14)18(21)24/h4-5,8-9,13H,6-7,10-12H2,1-3H3,(H,19,22). The van der Waals surface area contributed by atoms with Crippen LogP contribution >= 0.6 is 0 Å². The van der Waals surface area contributed by atoms with Crippen molar-refractivity contribution in [2.45, 2.75) is 32.7 Å². The van der Waals surface area contributed by atoms with Crippen LogP contribution in [0.3, 0.4) is 0 Å². The van der Waals surface area contributed by atoms with E-state index in [4.69, 9.17) is 0 Å². The van der Waals surface area contributed by atoms with Gasteiger partial charge in [-0.2, -0.15) is 0 Å². The van der Waals surface area contributed by atoms with Gasteiger partial charge in [0.25, 0.3) is 11.8 Å². The number of unbranched alkanes of at least 4 members (excludes halogenated alkanes) is 1. The third kappa shape index (κ3) is 4.41. The van der Waals surface area contributed by atoms with Crippen molar-refractivity contribution in [2.24, 2.45) is 0 Å². The summed E-state index contributed by atoms with van der Waals surface area (Å²) in [4.78, 5) is 39.4. The predicted molar refractivity (Wildman–Crippen MR) is 91.8 cm³/mol. The number of hydrogen-bond acceptors (Lipinski definition) is 4. The van der Waals surface area contributed by atoms with Crippen LogP contribution in [-0.2, 0) is 4.79 Å². The van der Waals surface area contributed by atoms with E-state index in [-0.39, 0.29) is 23.8 Å². The molecular weight excluding hydrogens is 306 g/mol. The first-order valence-electron chi connectivity index (χ1n) is 8.33. The number of carbonyl (C=O) groups excluding carboxylic acids is 3. The average Bonchev–Trinajstić information content (AvgIpc) is 2.75. The zero-order chi connectivity index (χ0) is 17.7. The van der Waals surface area contributed by atoms with Crippen LogP contribution in [0.25, 0.3) is 0 Å². The molecule has 0 atom stereocenters. The Morgan fingerprint density at radius 1 is 1.12 bits per heavy atom. The maximum Gasteiger partial charge on any atom is 0.261 e. The SMILES string of the molecule is CC(C)NC(=O)CN(C)CCCCN1C(=O)c2ccccc2C1=O. The van der Waals surface area contributed by atoms with E-state index in [1.165, 1.54) is 4.90 Å². The topological polar surface area (TPSA) is 69.7 Å². The third-order valence-corrected chi connectivity index (χ3v) is 3.91. The summed E-state index contributed by atoms with van der Waals surface area (Å²) in [7, 11) is 1.89. The number of amides is 3. The number of likely N-dealkylation sites (N-methyl/N-ethyl adjacent to an activating group) is 1. The van der Waals surface area contributed by atoms with Crippen LogP contribution in [0.15, 0.2) is 24.3 Å². The molecule has 1 heterocycles. The minimum atomic E-state index is -0.208. The van der Waals surface area contributed by atoms with Crippen LogP contribution in [0.5, 0.6) is 0 Å². The first-order chi connectivity index (χ1) is 11.4. The van der Waals surface area contributed by atoms with Gasteiger partial charge in [0.05, 0.1) is 17.7 Å². The van der Waals surface area contributed by atoms with Crippen LogP contribution in [-0.4, -0.2) is 60.2 Å². The summed E-state index contributed by atoms with van der Waals surface area (Å²) in [6.45, 7) is 5.37. The van der Waals surface area contributed by atoms with Gasteiger partial charge in [0.1, 0.15) is 0 Å². The Kier molecular flexibility index (Phi) is 6.09. The minimum Gasteiger partial charge on any atom is -0.353 e. The molecule has 1 aliphatic heterocycles. The normalized spacial score (nSPS) is 13.8. The minimum absolute atomic E-state index is 0.00727. The fraction of sp³-hybridized carbons (Fsp3) is 0.500. The molecule has 24 heavy (non-hydrogen) atoms. The molecule has 130 valence electrons. The number of nitrogens with zero attached hydrogens (tertiary/aromatic N) is 2. The van der Waals surface area contributed by atoms with Crippen molar-refractivity contribution in [3.63, 3.8) is 0 Å². The van der Waals surface area contributed by atoms with Crippen LogP contribution < -0.4 is 5.32 Å². The molecule has 0 saturated heterocycles. The second-order valence-corrected chi connectivity index (χ2v) is 6.47. The number of nitrogens with one attached hydrogen (secondary N) is 1. The van der Waals surface area contributed by atoms with Gasteiger partial charge < -0.3 is 5.32 Å². The Morgan fingerprint density at radius 3 is 2.25 bits per heavy atom. The molecule has 1 N–H and O–H groups in total. The van der Waals surface area contributed by atoms with Gasteiger partial charge in [-0.1, -0.05) is 12.1 Å². The molecule has 0 aromatic heterocycles. The van der Waals surface area contributed by atoms with Crippen LogP contribution in [0.4, 0.5) is 0 Å². The van der Waals surface area contributed by atoms with Gasteiger partial charge in [0.15, 0.2) is 0 Å². The Labute approximate surface area is 142 Å². The van der Waals surface area contributed by atoms with E-state index in [0.29, 0.717) is 24.2 Å². The lowest BCUT2D eigenvalue weighted by atomic mass is 10.1. The van der Waals surface area contributed by atoms with Crippen molar-refractivity contribution in [2.75, 3.05) is 26.7 Å². The van der Waals surface area contributed by atoms with Gasteiger partial charge in [-0.15, -0.1) is 0 Å². The molecular formula is C18H25N3O3. The van der Waals surface area contributed by atoms with E-state index in [1.54, 1.807) is 24.3 Å². The second kappa shape index (κ2) is 8.06. The van der Waals surface area contributed by atoms with E-state index in [9.17, 15) is 14.4 Å². The summed E-state index contributed by atoms with van der Waals surface area (Å²) >= 11 is 0. The van der Waals surface area contributed by atoms with Gasteiger partial charge in [-0.25, -0.2) is 0 Å². The first-order valence-corrected chi connectivity index (χ1v) is 8.33. The maximum atomic E-state index is 12.2. The first kappa shape index (κ1) is 18.1. The highest BCUT2D eigenvalue weighted by Gasteiger charge is 2.34. The molecule has 0 radical (unpaired) electrons.